The van der Waals surface area contributed by atoms with Gasteiger partial charge in [0.05, 0.1) is 16.1 Å². The lowest BCUT2D eigenvalue weighted by molar-refractivity contribution is 0.0160. The summed E-state index contributed by atoms with van der Waals surface area (Å²) in [7, 11) is 0. The van der Waals surface area contributed by atoms with Gasteiger partial charge >= 0.3 is 6.09 Å². The third kappa shape index (κ3) is 4.18. The first-order valence-electron chi connectivity index (χ1n) is 7.61. The van der Waals surface area contributed by atoms with Crippen LogP contribution in [-0.2, 0) is 4.74 Å². The maximum atomic E-state index is 12.8. The number of nitrogens with zero attached hydrogens (tertiary/aromatic N) is 1. The standard InChI is InChI=1S/C17H21Cl2NO3/c1-10-5-8-14(20(10)16(22)23-17(2,3)4)15(21)11-6-7-12(18)13(19)9-11/h6-7,9-10,14H,5,8H2,1-4H3. The van der Waals surface area contributed by atoms with E-state index in [2.05, 4.69) is 0 Å². The highest BCUT2D eigenvalue weighted by Gasteiger charge is 2.41. The molecule has 1 heterocycles. The van der Waals surface area contributed by atoms with Gasteiger partial charge in [0.15, 0.2) is 5.78 Å². The quantitative estimate of drug-likeness (QED) is 0.702. The highest BCUT2D eigenvalue weighted by atomic mass is 35.5. The van der Waals surface area contributed by atoms with E-state index in [0.717, 1.165) is 6.42 Å². The minimum atomic E-state index is -0.601. The summed E-state index contributed by atoms with van der Waals surface area (Å²) in [6, 6.07) is 4.20. The van der Waals surface area contributed by atoms with Crippen molar-refractivity contribution >= 4 is 35.1 Å². The summed E-state index contributed by atoms with van der Waals surface area (Å²) in [4.78, 5) is 26.8. The molecule has 0 aliphatic carbocycles. The van der Waals surface area contributed by atoms with E-state index in [4.69, 9.17) is 27.9 Å². The minimum absolute atomic E-state index is 0.0402. The van der Waals surface area contributed by atoms with Gasteiger partial charge in [-0.3, -0.25) is 9.69 Å². The Morgan fingerprint density at radius 2 is 1.83 bits per heavy atom. The second kappa shape index (κ2) is 6.70. The summed E-state index contributed by atoms with van der Waals surface area (Å²) in [6.07, 6.45) is 0.914. The Labute approximate surface area is 146 Å². The Morgan fingerprint density at radius 3 is 2.39 bits per heavy atom. The average molecular weight is 358 g/mol. The van der Waals surface area contributed by atoms with Crippen molar-refractivity contribution in [2.45, 2.75) is 58.2 Å². The van der Waals surface area contributed by atoms with Gasteiger partial charge < -0.3 is 4.74 Å². The second-order valence-electron chi connectivity index (χ2n) is 6.82. The molecule has 0 spiro atoms. The molecule has 1 amide bonds. The number of rotatable bonds is 2. The van der Waals surface area contributed by atoms with Gasteiger partial charge in [0.25, 0.3) is 0 Å². The van der Waals surface area contributed by atoms with Crippen LogP contribution in [0.4, 0.5) is 4.79 Å². The molecule has 2 unspecified atom stereocenters. The fourth-order valence-electron chi connectivity index (χ4n) is 2.71. The SMILES string of the molecule is CC1CCC(C(=O)c2ccc(Cl)c(Cl)c2)N1C(=O)OC(C)(C)C. The van der Waals surface area contributed by atoms with Crippen molar-refractivity contribution in [1.82, 2.24) is 4.90 Å². The fourth-order valence-corrected chi connectivity index (χ4v) is 3.00. The Balaban J connectivity index is 2.24. The molecule has 1 aliphatic rings. The van der Waals surface area contributed by atoms with Crippen molar-refractivity contribution in [1.29, 1.82) is 0 Å². The molecule has 1 aromatic carbocycles. The van der Waals surface area contributed by atoms with Crippen LogP contribution in [0.2, 0.25) is 10.0 Å². The Morgan fingerprint density at radius 1 is 1.17 bits per heavy atom. The fraction of sp³-hybridized carbons (Fsp3) is 0.529. The Kier molecular flexibility index (Phi) is 5.27. The molecule has 0 aromatic heterocycles. The lowest BCUT2D eigenvalue weighted by Gasteiger charge is -2.30. The number of halogens is 2. The maximum Gasteiger partial charge on any atom is 0.411 e. The summed E-state index contributed by atoms with van der Waals surface area (Å²) >= 11 is 11.9. The second-order valence-corrected chi connectivity index (χ2v) is 7.64. The largest absolute Gasteiger partial charge is 0.444 e. The first-order chi connectivity index (χ1) is 10.6. The predicted molar refractivity (Wildman–Crippen MR) is 91.3 cm³/mol. The zero-order valence-electron chi connectivity index (χ0n) is 13.7. The Hall–Kier alpha value is -1.26. The lowest BCUT2D eigenvalue weighted by Crippen LogP contribution is -2.46. The Bertz CT molecular complexity index is 625. The van der Waals surface area contributed by atoms with Crippen LogP contribution in [-0.4, -0.2) is 34.5 Å². The number of ketones is 1. The number of ether oxygens (including phenoxy) is 1. The molecule has 6 heteroatoms. The molecule has 1 fully saturated rings. The van der Waals surface area contributed by atoms with E-state index < -0.39 is 17.7 Å². The van der Waals surface area contributed by atoms with Crippen LogP contribution in [0.5, 0.6) is 0 Å². The van der Waals surface area contributed by atoms with Crippen LogP contribution in [0.3, 0.4) is 0 Å². The number of amides is 1. The van der Waals surface area contributed by atoms with Crippen molar-refractivity contribution in [3.63, 3.8) is 0 Å². The van der Waals surface area contributed by atoms with E-state index in [0.29, 0.717) is 22.0 Å². The molecule has 0 radical (unpaired) electrons. The predicted octanol–water partition coefficient (Wildman–Crippen LogP) is 4.96. The highest BCUT2D eigenvalue weighted by molar-refractivity contribution is 6.42. The van der Waals surface area contributed by atoms with Gasteiger partial charge in [0.2, 0.25) is 0 Å². The van der Waals surface area contributed by atoms with E-state index in [-0.39, 0.29) is 11.8 Å². The topological polar surface area (TPSA) is 46.6 Å². The monoisotopic (exact) mass is 357 g/mol. The van der Waals surface area contributed by atoms with Gasteiger partial charge in [0.1, 0.15) is 5.60 Å². The minimum Gasteiger partial charge on any atom is -0.444 e. The van der Waals surface area contributed by atoms with Crippen LogP contribution in [0.1, 0.15) is 50.9 Å². The first-order valence-corrected chi connectivity index (χ1v) is 8.36. The molecule has 4 nitrogen and oxygen atoms in total. The zero-order valence-corrected chi connectivity index (χ0v) is 15.2. The third-order valence-electron chi connectivity index (χ3n) is 3.78. The van der Waals surface area contributed by atoms with Crippen LogP contribution < -0.4 is 0 Å². The van der Waals surface area contributed by atoms with Crippen LogP contribution in [0.25, 0.3) is 0 Å². The molecule has 1 saturated heterocycles. The van der Waals surface area contributed by atoms with Gasteiger partial charge in [-0.2, -0.15) is 0 Å². The van der Waals surface area contributed by atoms with Crippen molar-refractivity contribution in [3.8, 4) is 0 Å². The summed E-state index contributed by atoms with van der Waals surface area (Å²) in [6.45, 7) is 7.34. The summed E-state index contributed by atoms with van der Waals surface area (Å²) in [5, 5.41) is 0.722. The maximum absolute atomic E-state index is 12.8. The van der Waals surface area contributed by atoms with Gasteiger partial charge in [-0.05, 0) is 58.7 Å². The molecule has 0 N–H and O–H groups in total. The molecule has 2 atom stereocenters. The zero-order chi connectivity index (χ0) is 17.4. The van der Waals surface area contributed by atoms with Gasteiger partial charge in [-0.25, -0.2) is 4.79 Å². The molecule has 1 aliphatic heterocycles. The van der Waals surface area contributed by atoms with E-state index in [1.807, 2.05) is 6.92 Å². The van der Waals surface area contributed by atoms with E-state index in [1.54, 1.807) is 39.0 Å². The van der Waals surface area contributed by atoms with Crippen LogP contribution in [0.15, 0.2) is 18.2 Å². The number of hydrogen-bond acceptors (Lipinski definition) is 3. The van der Waals surface area contributed by atoms with Crippen molar-refractivity contribution in [3.05, 3.63) is 33.8 Å². The van der Waals surface area contributed by atoms with E-state index in [9.17, 15) is 9.59 Å². The lowest BCUT2D eigenvalue weighted by atomic mass is 10.0. The van der Waals surface area contributed by atoms with Crippen molar-refractivity contribution < 1.29 is 14.3 Å². The summed E-state index contributed by atoms with van der Waals surface area (Å²) in [5.41, 5.74) is -0.150. The van der Waals surface area contributed by atoms with Crippen LogP contribution in [0, 0.1) is 0 Å². The molecule has 1 aromatic rings. The molecule has 2 rings (SSSR count). The summed E-state index contributed by atoms with van der Waals surface area (Å²) < 4.78 is 5.44. The number of likely N-dealkylation sites (tertiary alicyclic amines) is 1. The normalized spacial score (nSPS) is 21.4. The number of carbonyl (C=O) groups excluding carboxylic acids is 2. The molecule has 0 saturated carbocycles. The smallest absolute Gasteiger partial charge is 0.411 e. The number of benzene rings is 1. The first kappa shape index (κ1) is 18.1. The molecule has 126 valence electrons. The van der Waals surface area contributed by atoms with Crippen molar-refractivity contribution in [2.75, 3.05) is 0 Å². The molecular formula is C17H21Cl2NO3. The number of hydrogen-bond donors (Lipinski definition) is 0. The number of Topliss-reactive ketones (excluding diaryl/α,β-unsaturated/α-hetero) is 1. The summed E-state index contributed by atoms with van der Waals surface area (Å²) in [5.74, 6) is -0.140. The van der Waals surface area contributed by atoms with E-state index >= 15 is 0 Å². The van der Waals surface area contributed by atoms with Gasteiger partial charge in [-0.15, -0.1) is 0 Å². The van der Waals surface area contributed by atoms with Crippen LogP contribution >= 0.6 is 23.2 Å². The number of carbonyl (C=O) groups is 2. The van der Waals surface area contributed by atoms with E-state index in [1.165, 1.54) is 4.90 Å². The highest BCUT2D eigenvalue weighted by Crippen LogP contribution is 2.30. The van der Waals surface area contributed by atoms with Crippen molar-refractivity contribution in [2.24, 2.45) is 0 Å². The molecular weight excluding hydrogens is 337 g/mol. The third-order valence-corrected chi connectivity index (χ3v) is 4.52. The average Bonchev–Trinajstić information content (AvgIpc) is 2.81. The molecule has 0 bridgehead atoms. The molecule has 23 heavy (non-hydrogen) atoms. The van der Waals surface area contributed by atoms with Gasteiger partial charge in [-0.1, -0.05) is 23.2 Å². The van der Waals surface area contributed by atoms with Gasteiger partial charge in [0, 0.05) is 11.6 Å².